The molecule has 0 unspecified atom stereocenters. The zero-order chi connectivity index (χ0) is 20.1. The Morgan fingerprint density at radius 2 is 1.69 bits per heavy atom. The third kappa shape index (κ3) is 2.82. The van der Waals surface area contributed by atoms with Crippen molar-refractivity contribution < 1.29 is 9.21 Å². The van der Waals surface area contributed by atoms with Crippen LogP contribution in [-0.4, -0.2) is 10.9 Å². The van der Waals surface area contributed by atoms with Crippen LogP contribution in [0.5, 0.6) is 0 Å². The van der Waals surface area contributed by atoms with Crippen LogP contribution in [0.1, 0.15) is 27.7 Å². The molecule has 0 aliphatic carbocycles. The van der Waals surface area contributed by atoms with Gasteiger partial charge in [0.25, 0.3) is 5.91 Å². The van der Waals surface area contributed by atoms with Crippen LogP contribution in [0, 0.1) is 0 Å². The maximum Gasteiger partial charge on any atom is 0.296 e. The van der Waals surface area contributed by atoms with Crippen molar-refractivity contribution in [1.82, 2.24) is 4.98 Å². The Morgan fingerprint density at radius 3 is 2.41 bits per heavy atom. The van der Waals surface area contributed by atoms with E-state index in [9.17, 15) is 9.59 Å². The summed E-state index contributed by atoms with van der Waals surface area (Å²) in [5.41, 5.74) is 0.998. The summed E-state index contributed by atoms with van der Waals surface area (Å²) in [5, 5.41) is 1.30. The normalized spacial score (nSPS) is 15.7. The molecule has 1 aliphatic heterocycles. The van der Waals surface area contributed by atoms with E-state index in [0.29, 0.717) is 26.8 Å². The molecule has 0 fully saturated rings. The van der Waals surface area contributed by atoms with Crippen molar-refractivity contribution in [2.24, 2.45) is 0 Å². The van der Waals surface area contributed by atoms with Crippen molar-refractivity contribution in [2.45, 2.75) is 6.04 Å². The minimum atomic E-state index is -0.690. The van der Waals surface area contributed by atoms with E-state index in [-0.39, 0.29) is 16.8 Å². The number of fused-ring (bicyclic) bond motifs is 2. The molecular formula is C22H12Cl2N2O3. The third-order valence-electron chi connectivity index (χ3n) is 4.91. The fraction of sp³-hybridized carbons (Fsp3) is 0.0455. The van der Waals surface area contributed by atoms with Crippen LogP contribution < -0.4 is 10.3 Å². The van der Waals surface area contributed by atoms with E-state index in [0.717, 1.165) is 5.56 Å². The zero-order valence-corrected chi connectivity index (χ0v) is 16.3. The topological polar surface area (TPSA) is 63.4 Å². The average molecular weight is 423 g/mol. The first-order chi connectivity index (χ1) is 14.0. The number of anilines is 1. The number of carbonyl (C=O) groups is 1. The monoisotopic (exact) mass is 422 g/mol. The molecule has 0 saturated carbocycles. The molecule has 1 amide bonds. The van der Waals surface area contributed by atoms with E-state index in [2.05, 4.69) is 4.98 Å². The first kappa shape index (κ1) is 17.9. The number of hydrogen-bond acceptors (Lipinski definition) is 4. The molecule has 7 heteroatoms. The predicted molar refractivity (Wildman–Crippen MR) is 112 cm³/mol. The Kier molecular flexibility index (Phi) is 4.15. The van der Waals surface area contributed by atoms with Gasteiger partial charge in [-0.25, -0.2) is 4.98 Å². The first-order valence-electron chi connectivity index (χ1n) is 8.81. The van der Waals surface area contributed by atoms with Crippen LogP contribution in [0.25, 0.3) is 11.0 Å². The molecule has 1 aliphatic rings. The smallest absolute Gasteiger partial charge is 0.296 e. The Balaban J connectivity index is 1.83. The Bertz CT molecular complexity index is 1320. The molecule has 0 spiro atoms. The highest BCUT2D eigenvalue weighted by molar-refractivity contribution is 6.31. The molecule has 2 aromatic heterocycles. The lowest BCUT2D eigenvalue weighted by molar-refractivity contribution is 0.0970. The van der Waals surface area contributed by atoms with Crippen molar-refractivity contribution in [3.63, 3.8) is 0 Å². The molecule has 0 saturated heterocycles. The van der Waals surface area contributed by atoms with Gasteiger partial charge in [0, 0.05) is 16.2 Å². The molecule has 1 atom stereocenters. The minimum absolute atomic E-state index is 0.00965. The second-order valence-corrected chi connectivity index (χ2v) is 7.50. The van der Waals surface area contributed by atoms with Gasteiger partial charge in [-0.15, -0.1) is 0 Å². The fourth-order valence-electron chi connectivity index (χ4n) is 3.64. The minimum Gasteiger partial charge on any atom is -0.450 e. The highest BCUT2D eigenvalue weighted by atomic mass is 35.5. The standard InChI is InChI=1S/C22H12Cl2N2O3/c23-13-6-4-12(5-7-13)19-18-20(27)15-11-14(24)8-9-16(15)29-21(18)22(28)26(19)17-3-1-2-10-25-17/h1-11,19H/t19-/m0/s1. The van der Waals surface area contributed by atoms with Gasteiger partial charge < -0.3 is 4.42 Å². The molecule has 0 N–H and O–H groups in total. The van der Waals surface area contributed by atoms with E-state index >= 15 is 0 Å². The van der Waals surface area contributed by atoms with E-state index in [1.54, 1.807) is 66.9 Å². The van der Waals surface area contributed by atoms with Gasteiger partial charge in [-0.1, -0.05) is 41.4 Å². The summed E-state index contributed by atoms with van der Waals surface area (Å²) in [6, 6.07) is 16.3. The third-order valence-corrected chi connectivity index (χ3v) is 5.40. The van der Waals surface area contributed by atoms with Gasteiger partial charge in [-0.05, 0) is 48.0 Å². The van der Waals surface area contributed by atoms with Gasteiger partial charge in [0.15, 0.2) is 5.43 Å². The molecule has 0 bridgehead atoms. The largest absolute Gasteiger partial charge is 0.450 e. The summed E-state index contributed by atoms with van der Waals surface area (Å²) in [7, 11) is 0. The molecule has 142 valence electrons. The number of carbonyl (C=O) groups excluding carboxylic acids is 1. The molecule has 2 aromatic carbocycles. The molecule has 29 heavy (non-hydrogen) atoms. The highest BCUT2D eigenvalue weighted by Gasteiger charge is 2.44. The second kappa shape index (κ2) is 6.72. The van der Waals surface area contributed by atoms with Crippen molar-refractivity contribution in [3.8, 4) is 0 Å². The van der Waals surface area contributed by atoms with Crippen LogP contribution in [0.15, 0.2) is 76.1 Å². The zero-order valence-electron chi connectivity index (χ0n) is 14.8. The van der Waals surface area contributed by atoms with Gasteiger partial charge in [-0.2, -0.15) is 0 Å². The van der Waals surface area contributed by atoms with Crippen molar-refractivity contribution >= 4 is 45.9 Å². The average Bonchev–Trinajstić information content (AvgIpc) is 3.03. The van der Waals surface area contributed by atoms with E-state index < -0.39 is 11.9 Å². The molecule has 5 rings (SSSR count). The Labute approximate surface area is 175 Å². The van der Waals surface area contributed by atoms with Gasteiger partial charge in [0.1, 0.15) is 11.4 Å². The van der Waals surface area contributed by atoms with Crippen molar-refractivity contribution in [3.05, 3.63) is 104 Å². The van der Waals surface area contributed by atoms with Crippen LogP contribution in [0.4, 0.5) is 5.82 Å². The van der Waals surface area contributed by atoms with Crippen molar-refractivity contribution in [2.75, 3.05) is 4.90 Å². The maximum absolute atomic E-state index is 13.4. The molecule has 5 nitrogen and oxygen atoms in total. The maximum atomic E-state index is 13.4. The SMILES string of the molecule is O=C1c2oc3ccc(Cl)cc3c(=O)c2[C@H](c2ccc(Cl)cc2)N1c1ccccn1. The number of hydrogen-bond donors (Lipinski definition) is 0. The first-order valence-corrected chi connectivity index (χ1v) is 9.56. The van der Waals surface area contributed by atoms with Gasteiger partial charge in [0.2, 0.25) is 5.76 Å². The van der Waals surface area contributed by atoms with Crippen LogP contribution in [0.2, 0.25) is 10.0 Å². The molecule has 0 radical (unpaired) electrons. The van der Waals surface area contributed by atoms with E-state index in [1.165, 1.54) is 4.90 Å². The lowest BCUT2D eigenvalue weighted by atomic mass is 9.98. The predicted octanol–water partition coefficient (Wildman–Crippen LogP) is 5.24. The molecular weight excluding hydrogens is 411 g/mol. The van der Waals surface area contributed by atoms with E-state index in [4.69, 9.17) is 27.6 Å². The Hall–Kier alpha value is -3.15. The number of rotatable bonds is 2. The highest BCUT2D eigenvalue weighted by Crippen LogP contribution is 2.40. The van der Waals surface area contributed by atoms with Crippen molar-refractivity contribution in [1.29, 1.82) is 0 Å². The number of benzene rings is 2. The Morgan fingerprint density at radius 1 is 0.931 bits per heavy atom. The summed E-state index contributed by atoms with van der Waals surface area (Å²) >= 11 is 12.1. The summed E-state index contributed by atoms with van der Waals surface area (Å²) in [6.45, 7) is 0. The number of aromatic nitrogens is 1. The summed E-state index contributed by atoms with van der Waals surface area (Å²) in [6.07, 6.45) is 1.59. The lowest BCUT2D eigenvalue weighted by Gasteiger charge is -2.24. The van der Waals surface area contributed by atoms with Gasteiger partial charge >= 0.3 is 0 Å². The summed E-state index contributed by atoms with van der Waals surface area (Å²) in [4.78, 5) is 32.5. The number of pyridine rings is 1. The second-order valence-electron chi connectivity index (χ2n) is 6.63. The van der Waals surface area contributed by atoms with Gasteiger partial charge in [0.05, 0.1) is 17.0 Å². The number of nitrogens with zero attached hydrogens (tertiary/aromatic N) is 2. The molecule has 4 aromatic rings. The van der Waals surface area contributed by atoms with Gasteiger partial charge in [-0.3, -0.25) is 14.5 Å². The van der Waals surface area contributed by atoms with Crippen LogP contribution in [-0.2, 0) is 0 Å². The fourth-order valence-corrected chi connectivity index (χ4v) is 3.94. The van der Waals surface area contributed by atoms with Crippen LogP contribution >= 0.6 is 23.2 Å². The van der Waals surface area contributed by atoms with Crippen LogP contribution in [0.3, 0.4) is 0 Å². The number of amides is 1. The lowest BCUT2D eigenvalue weighted by Crippen LogP contribution is -2.30. The molecule has 3 heterocycles. The quantitative estimate of drug-likeness (QED) is 0.442. The summed E-state index contributed by atoms with van der Waals surface area (Å²) < 4.78 is 5.88. The van der Waals surface area contributed by atoms with E-state index in [1.807, 2.05) is 0 Å². The summed E-state index contributed by atoms with van der Waals surface area (Å²) in [5.74, 6) is 0.00774. The number of halogens is 2.